The molecule has 4 nitrogen and oxygen atoms in total. The number of benzene rings is 1. The minimum atomic E-state index is -3.51. The predicted octanol–water partition coefficient (Wildman–Crippen LogP) is 2.56. The molecule has 0 radical (unpaired) electrons. The number of rotatable bonds is 2. The van der Waals surface area contributed by atoms with Gasteiger partial charge in [-0.25, -0.2) is 8.42 Å². The fourth-order valence-electron chi connectivity index (χ4n) is 2.93. The average molecular weight is 372 g/mol. The van der Waals surface area contributed by atoms with Gasteiger partial charge in [-0.2, -0.15) is 4.31 Å². The molecule has 0 unspecified atom stereocenters. The quantitative estimate of drug-likeness (QED) is 0.869. The van der Waals surface area contributed by atoms with Gasteiger partial charge in [-0.3, -0.25) is 0 Å². The van der Waals surface area contributed by atoms with Crippen LogP contribution in [0.5, 0.6) is 0 Å². The lowest BCUT2D eigenvalue weighted by Crippen LogP contribution is -2.32. The van der Waals surface area contributed by atoms with E-state index in [1.807, 2.05) is 0 Å². The lowest BCUT2D eigenvalue weighted by Gasteiger charge is -2.18. The first-order valence-electron chi connectivity index (χ1n) is 6.56. The molecule has 1 N–H and O–H groups in total. The summed E-state index contributed by atoms with van der Waals surface area (Å²) >= 11 is 12.1. The lowest BCUT2D eigenvalue weighted by atomic mass is 10.0. The predicted molar refractivity (Wildman–Crippen MR) is 87.1 cm³/mol. The van der Waals surface area contributed by atoms with E-state index >= 15 is 0 Å². The van der Waals surface area contributed by atoms with Gasteiger partial charge in [0.15, 0.2) is 0 Å². The van der Waals surface area contributed by atoms with Crippen molar-refractivity contribution in [3.8, 4) is 0 Å². The molecule has 118 valence electrons. The molecule has 0 amide bonds. The molecule has 2 heterocycles. The molecular weight excluding hydrogens is 355 g/mol. The molecule has 0 spiro atoms. The first-order valence-corrected chi connectivity index (χ1v) is 8.75. The van der Waals surface area contributed by atoms with Crippen LogP contribution in [0, 0.1) is 18.8 Å². The lowest BCUT2D eigenvalue weighted by molar-refractivity contribution is 0.448. The Balaban J connectivity index is 0.00000161. The van der Waals surface area contributed by atoms with E-state index in [1.165, 1.54) is 12.1 Å². The Morgan fingerprint density at radius 1 is 1.14 bits per heavy atom. The van der Waals surface area contributed by atoms with Crippen LogP contribution in [0.1, 0.15) is 5.56 Å². The Kier molecular flexibility index (Phi) is 5.13. The standard InChI is InChI=1S/C13H16Cl2N2O2S.ClH/c1-8-12(14)2-11(3-13(8)15)20(18,19)17-6-9-4-16-5-10(9)7-17;/h2-3,9-10,16H,4-7H2,1H3;1H/t9-,10+;. The Labute approximate surface area is 141 Å². The van der Waals surface area contributed by atoms with Crippen LogP contribution in [-0.4, -0.2) is 38.9 Å². The molecule has 2 fully saturated rings. The van der Waals surface area contributed by atoms with E-state index in [0.717, 1.165) is 13.1 Å². The molecule has 2 aliphatic rings. The smallest absolute Gasteiger partial charge is 0.243 e. The van der Waals surface area contributed by atoms with Crippen LogP contribution in [-0.2, 0) is 10.0 Å². The van der Waals surface area contributed by atoms with E-state index in [0.29, 0.717) is 40.5 Å². The summed E-state index contributed by atoms with van der Waals surface area (Å²) in [7, 11) is -3.51. The van der Waals surface area contributed by atoms with Crippen molar-refractivity contribution in [1.82, 2.24) is 9.62 Å². The van der Waals surface area contributed by atoms with Gasteiger partial charge in [0, 0.05) is 23.1 Å². The topological polar surface area (TPSA) is 49.4 Å². The molecule has 0 aromatic heterocycles. The zero-order valence-corrected chi connectivity index (χ0v) is 14.6. The highest BCUT2D eigenvalue weighted by Crippen LogP contribution is 2.33. The minimum Gasteiger partial charge on any atom is -0.316 e. The molecule has 0 saturated carbocycles. The molecular formula is C13H17Cl3N2O2S. The first kappa shape index (κ1) is 17.3. The van der Waals surface area contributed by atoms with Crippen LogP contribution < -0.4 is 5.32 Å². The number of hydrogen-bond acceptors (Lipinski definition) is 3. The number of hydrogen-bond donors (Lipinski definition) is 1. The summed E-state index contributed by atoms with van der Waals surface area (Å²) in [5, 5.41) is 4.07. The number of halogens is 3. The van der Waals surface area contributed by atoms with Crippen molar-refractivity contribution < 1.29 is 8.42 Å². The van der Waals surface area contributed by atoms with Crippen molar-refractivity contribution in [2.45, 2.75) is 11.8 Å². The summed E-state index contributed by atoms with van der Waals surface area (Å²) in [4.78, 5) is 0.186. The van der Waals surface area contributed by atoms with Crippen molar-refractivity contribution in [3.05, 3.63) is 27.7 Å². The van der Waals surface area contributed by atoms with Gasteiger partial charge in [0.1, 0.15) is 0 Å². The highest BCUT2D eigenvalue weighted by atomic mass is 35.5. The van der Waals surface area contributed by atoms with Crippen molar-refractivity contribution in [2.75, 3.05) is 26.2 Å². The van der Waals surface area contributed by atoms with Crippen molar-refractivity contribution in [1.29, 1.82) is 0 Å². The number of nitrogens with zero attached hydrogens (tertiary/aromatic N) is 1. The third-order valence-electron chi connectivity index (χ3n) is 4.25. The summed E-state index contributed by atoms with van der Waals surface area (Å²) < 4.78 is 26.9. The molecule has 21 heavy (non-hydrogen) atoms. The summed E-state index contributed by atoms with van der Waals surface area (Å²) in [6.07, 6.45) is 0. The largest absolute Gasteiger partial charge is 0.316 e. The first-order chi connectivity index (χ1) is 9.39. The van der Waals surface area contributed by atoms with E-state index in [2.05, 4.69) is 5.32 Å². The van der Waals surface area contributed by atoms with Crippen LogP contribution in [0.4, 0.5) is 0 Å². The van der Waals surface area contributed by atoms with Crippen LogP contribution >= 0.6 is 35.6 Å². The van der Waals surface area contributed by atoms with Crippen molar-refractivity contribution in [3.63, 3.8) is 0 Å². The summed E-state index contributed by atoms with van der Waals surface area (Å²) in [6.45, 7) is 4.71. The fourth-order valence-corrected chi connectivity index (χ4v) is 5.15. The monoisotopic (exact) mass is 370 g/mol. The minimum absolute atomic E-state index is 0. The second-order valence-electron chi connectivity index (χ2n) is 5.51. The SMILES string of the molecule is Cc1c(Cl)cc(S(=O)(=O)N2C[C@H]3CNC[C@H]3C2)cc1Cl.Cl. The second kappa shape index (κ2) is 6.22. The third-order valence-corrected chi connectivity index (χ3v) is 6.84. The van der Waals surface area contributed by atoms with Gasteiger partial charge in [0.25, 0.3) is 0 Å². The Bertz CT molecular complexity index is 616. The van der Waals surface area contributed by atoms with Crippen LogP contribution in [0.25, 0.3) is 0 Å². The molecule has 0 bridgehead atoms. The van der Waals surface area contributed by atoms with Crippen LogP contribution in [0.3, 0.4) is 0 Å². The van der Waals surface area contributed by atoms with Gasteiger partial charge >= 0.3 is 0 Å². The number of sulfonamides is 1. The van der Waals surface area contributed by atoms with Crippen LogP contribution in [0.2, 0.25) is 10.0 Å². The van der Waals surface area contributed by atoms with Gasteiger partial charge in [-0.1, -0.05) is 23.2 Å². The van der Waals surface area contributed by atoms with Crippen molar-refractivity contribution >= 4 is 45.6 Å². The maximum atomic E-state index is 12.7. The molecule has 1 aromatic carbocycles. The molecule has 2 atom stereocenters. The van der Waals surface area contributed by atoms with E-state index in [9.17, 15) is 8.42 Å². The fraction of sp³-hybridized carbons (Fsp3) is 0.538. The van der Waals surface area contributed by atoms with E-state index in [4.69, 9.17) is 23.2 Å². The second-order valence-corrected chi connectivity index (χ2v) is 8.26. The summed E-state index contributed by atoms with van der Waals surface area (Å²) in [6, 6.07) is 2.98. The number of nitrogens with one attached hydrogen (secondary N) is 1. The molecule has 3 rings (SSSR count). The van der Waals surface area contributed by atoms with Gasteiger partial charge in [-0.05, 0) is 49.5 Å². The Morgan fingerprint density at radius 3 is 2.10 bits per heavy atom. The van der Waals surface area contributed by atoms with Gasteiger partial charge in [0.2, 0.25) is 10.0 Å². The summed E-state index contributed by atoms with van der Waals surface area (Å²) in [5.74, 6) is 0.835. The van der Waals surface area contributed by atoms with E-state index < -0.39 is 10.0 Å². The molecule has 0 aliphatic carbocycles. The van der Waals surface area contributed by atoms with E-state index in [1.54, 1.807) is 11.2 Å². The normalized spacial score (nSPS) is 25.7. The maximum absolute atomic E-state index is 12.7. The van der Waals surface area contributed by atoms with Gasteiger partial charge in [-0.15, -0.1) is 12.4 Å². The molecule has 2 saturated heterocycles. The number of fused-ring (bicyclic) bond motifs is 1. The zero-order chi connectivity index (χ0) is 14.5. The van der Waals surface area contributed by atoms with Gasteiger partial charge in [0.05, 0.1) is 4.90 Å². The third kappa shape index (κ3) is 3.05. The molecule has 2 aliphatic heterocycles. The van der Waals surface area contributed by atoms with Crippen molar-refractivity contribution in [2.24, 2.45) is 11.8 Å². The van der Waals surface area contributed by atoms with E-state index in [-0.39, 0.29) is 17.3 Å². The Morgan fingerprint density at radius 2 is 1.62 bits per heavy atom. The maximum Gasteiger partial charge on any atom is 0.243 e. The Hall–Kier alpha value is -0.0400. The summed E-state index contributed by atoms with van der Waals surface area (Å²) in [5.41, 5.74) is 0.703. The zero-order valence-electron chi connectivity index (χ0n) is 11.5. The highest BCUT2D eigenvalue weighted by molar-refractivity contribution is 7.89. The average Bonchev–Trinajstić information content (AvgIpc) is 2.95. The highest BCUT2D eigenvalue weighted by Gasteiger charge is 2.41. The van der Waals surface area contributed by atoms with Crippen LogP contribution in [0.15, 0.2) is 17.0 Å². The van der Waals surface area contributed by atoms with Gasteiger partial charge < -0.3 is 5.32 Å². The molecule has 8 heteroatoms. The molecule has 1 aromatic rings.